The number of hydrogen-bond donors (Lipinski definition) is 0. The van der Waals surface area contributed by atoms with Crippen LogP contribution in [0, 0.1) is 5.92 Å². The number of pyridine rings is 1. The fourth-order valence-corrected chi connectivity index (χ4v) is 2.92. The summed E-state index contributed by atoms with van der Waals surface area (Å²) in [7, 11) is 0. The molecule has 3 heteroatoms. The normalized spacial score (nSPS) is 19.6. The maximum atomic E-state index is 11.3. The number of aromatic amines is 1. The zero-order chi connectivity index (χ0) is 13.2. The molecular weight excluding hydrogens is 236 g/mol. The van der Waals surface area contributed by atoms with Crippen molar-refractivity contribution in [3.63, 3.8) is 0 Å². The highest BCUT2D eigenvalue weighted by molar-refractivity contribution is 5.88. The number of aldehydes is 1. The van der Waals surface area contributed by atoms with Gasteiger partial charge >= 0.3 is 0 Å². The van der Waals surface area contributed by atoms with Crippen LogP contribution in [0.4, 0.5) is 5.82 Å². The van der Waals surface area contributed by atoms with E-state index in [1.165, 1.54) is 12.8 Å². The number of anilines is 1. The van der Waals surface area contributed by atoms with Gasteiger partial charge in [0.2, 0.25) is 0 Å². The molecule has 1 N–H and O–H groups in total. The smallest absolute Gasteiger partial charge is 0.285 e. The molecule has 0 radical (unpaired) electrons. The van der Waals surface area contributed by atoms with Crippen molar-refractivity contribution >= 4 is 23.0 Å². The van der Waals surface area contributed by atoms with Crippen LogP contribution in [0.2, 0.25) is 0 Å². The van der Waals surface area contributed by atoms with Gasteiger partial charge in [-0.25, -0.2) is 4.98 Å². The summed E-state index contributed by atoms with van der Waals surface area (Å²) in [6.45, 7) is 4.32. The zero-order valence-corrected chi connectivity index (χ0v) is 11.2. The first-order valence-electron chi connectivity index (χ1n) is 6.93. The van der Waals surface area contributed by atoms with Gasteiger partial charge in [-0.05, 0) is 30.9 Å². The maximum Gasteiger partial charge on any atom is 0.285 e. The third kappa shape index (κ3) is 2.33. The zero-order valence-electron chi connectivity index (χ0n) is 11.2. The molecule has 0 amide bonds. The molecule has 1 aromatic heterocycles. The summed E-state index contributed by atoms with van der Waals surface area (Å²) in [5.41, 5.74) is 1.84. The third-order valence-corrected chi connectivity index (χ3v) is 3.90. The van der Waals surface area contributed by atoms with Crippen LogP contribution in [-0.2, 0) is 0 Å². The number of nitrogens with one attached hydrogen (secondary N) is 1. The van der Waals surface area contributed by atoms with Gasteiger partial charge in [0.05, 0.1) is 13.1 Å². The average molecular weight is 255 g/mol. The van der Waals surface area contributed by atoms with Crippen LogP contribution in [0.5, 0.6) is 0 Å². The highest BCUT2D eigenvalue weighted by Gasteiger charge is 2.26. The van der Waals surface area contributed by atoms with E-state index < -0.39 is 0 Å². The monoisotopic (exact) mass is 255 g/mol. The molecule has 1 saturated heterocycles. The van der Waals surface area contributed by atoms with Crippen molar-refractivity contribution in [1.82, 2.24) is 0 Å². The minimum atomic E-state index is 0.688. The molecule has 1 aromatic carbocycles. The highest BCUT2D eigenvalue weighted by Crippen LogP contribution is 2.24. The van der Waals surface area contributed by atoms with Gasteiger partial charge in [0.15, 0.2) is 6.29 Å². The third-order valence-electron chi connectivity index (χ3n) is 3.90. The minimum absolute atomic E-state index is 0.688. The summed E-state index contributed by atoms with van der Waals surface area (Å²) in [6.07, 6.45) is 3.43. The molecule has 1 aliphatic heterocycles. The lowest BCUT2D eigenvalue weighted by Crippen LogP contribution is -2.38. The first-order valence-corrected chi connectivity index (χ1v) is 6.93. The van der Waals surface area contributed by atoms with Crippen molar-refractivity contribution < 1.29 is 9.78 Å². The molecule has 1 fully saturated rings. The van der Waals surface area contributed by atoms with E-state index in [0.29, 0.717) is 5.92 Å². The molecule has 3 rings (SSSR count). The Morgan fingerprint density at radius 1 is 1.37 bits per heavy atom. The van der Waals surface area contributed by atoms with Crippen LogP contribution in [0.15, 0.2) is 30.3 Å². The second kappa shape index (κ2) is 5.00. The molecule has 0 saturated carbocycles. The number of fused-ring (bicyclic) bond motifs is 1. The highest BCUT2D eigenvalue weighted by atomic mass is 16.1. The fraction of sp³-hybridized carbons (Fsp3) is 0.375. The topological polar surface area (TPSA) is 34.5 Å². The van der Waals surface area contributed by atoms with E-state index in [2.05, 4.69) is 22.9 Å². The first kappa shape index (κ1) is 12.2. The lowest BCUT2D eigenvalue weighted by atomic mass is 10.00. The predicted molar refractivity (Wildman–Crippen MR) is 76.5 cm³/mol. The number of nitrogens with zero attached hydrogens (tertiary/aromatic N) is 1. The Morgan fingerprint density at radius 3 is 3.00 bits per heavy atom. The summed E-state index contributed by atoms with van der Waals surface area (Å²) in [5.74, 6) is 1.66. The Morgan fingerprint density at radius 2 is 2.21 bits per heavy atom. The van der Waals surface area contributed by atoms with Crippen molar-refractivity contribution in [3.05, 3.63) is 35.9 Å². The number of benzene rings is 1. The number of rotatable bonds is 2. The first-order chi connectivity index (χ1) is 9.28. The average Bonchev–Trinajstić information content (AvgIpc) is 2.46. The molecule has 0 spiro atoms. The van der Waals surface area contributed by atoms with Crippen LogP contribution in [0.25, 0.3) is 10.9 Å². The number of aromatic nitrogens is 1. The Hall–Kier alpha value is -1.90. The number of hydrogen-bond acceptors (Lipinski definition) is 2. The second-order valence-corrected chi connectivity index (χ2v) is 5.47. The van der Waals surface area contributed by atoms with E-state index in [1.807, 2.05) is 24.3 Å². The number of piperidine rings is 1. The van der Waals surface area contributed by atoms with Gasteiger partial charge in [0.1, 0.15) is 11.1 Å². The van der Waals surface area contributed by atoms with Gasteiger partial charge in [-0.3, -0.25) is 9.69 Å². The van der Waals surface area contributed by atoms with Crippen LogP contribution in [0.3, 0.4) is 0 Å². The van der Waals surface area contributed by atoms with Gasteiger partial charge in [0, 0.05) is 5.39 Å². The summed E-state index contributed by atoms with van der Waals surface area (Å²) in [4.78, 5) is 17.1. The molecule has 98 valence electrons. The summed E-state index contributed by atoms with van der Waals surface area (Å²) in [6, 6.07) is 10.1. The SMILES string of the molecule is C[C@@H]1CCCN(c2[nH+]c3ccccc3cc2C=O)C1. The van der Waals surface area contributed by atoms with E-state index >= 15 is 0 Å². The molecule has 2 heterocycles. The minimum Gasteiger partial charge on any atom is -0.298 e. The van der Waals surface area contributed by atoms with Crippen molar-refractivity contribution in [3.8, 4) is 0 Å². The summed E-state index contributed by atoms with van der Waals surface area (Å²) < 4.78 is 0. The molecule has 2 aromatic rings. The Kier molecular flexibility index (Phi) is 3.20. The molecule has 0 aliphatic carbocycles. The quantitative estimate of drug-likeness (QED) is 0.773. The van der Waals surface area contributed by atoms with Crippen molar-refractivity contribution in [2.45, 2.75) is 19.8 Å². The molecular formula is C16H19N2O+. The molecule has 1 aliphatic rings. The summed E-state index contributed by atoms with van der Waals surface area (Å²) in [5, 5.41) is 1.08. The van der Waals surface area contributed by atoms with Crippen LogP contribution < -0.4 is 9.88 Å². The van der Waals surface area contributed by atoms with Crippen LogP contribution in [0.1, 0.15) is 30.1 Å². The molecule has 3 nitrogen and oxygen atoms in total. The van der Waals surface area contributed by atoms with Gasteiger partial charge in [0.25, 0.3) is 5.82 Å². The number of para-hydroxylation sites is 1. The van der Waals surface area contributed by atoms with Crippen molar-refractivity contribution in [1.29, 1.82) is 0 Å². The van der Waals surface area contributed by atoms with Gasteiger partial charge in [-0.2, -0.15) is 0 Å². The number of carbonyl (C=O) groups excluding carboxylic acids is 1. The summed E-state index contributed by atoms with van der Waals surface area (Å²) >= 11 is 0. The van der Waals surface area contributed by atoms with Crippen molar-refractivity contribution in [2.24, 2.45) is 5.92 Å². The van der Waals surface area contributed by atoms with Gasteiger partial charge in [-0.15, -0.1) is 0 Å². The van der Waals surface area contributed by atoms with E-state index in [-0.39, 0.29) is 0 Å². The van der Waals surface area contributed by atoms with Crippen LogP contribution >= 0.6 is 0 Å². The molecule has 19 heavy (non-hydrogen) atoms. The lowest BCUT2D eigenvalue weighted by Gasteiger charge is -2.26. The van der Waals surface area contributed by atoms with E-state index in [4.69, 9.17) is 0 Å². The van der Waals surface area contributed by atoms with Crippen LogP contribution in [-0.4, -0.2) is 19.4 Å². The van der Waals surface area contributed by atoms with E-state index in [1.54, 1.807) is 0 Å². The van der Waals surface area contributed by atoms with Crippen molar-refractivity contribution in [2.75, 3.05) is 18.0 Å². The second-order valence-electron chi connectivity index (χ2n) is 5.47. The largest absolute Gasteiger partial charge is 0.298 e. The Labute approximate surface area is 113 Å². The lowest BCUT2D eigenvalue weighted by molar-refractivity contribution is -0.331. The predicted octanol–water partition coefficient (Wildman–Crippen LogP) is 2.70. The van der Waals surface area contributed by atoms with Gasteiger partial charge in [-0.1, -0.05) is 25.1 Å². The molecule has 1 atom stereocenters. The van der Waals surface area contributed by atoms with Gasteiger partial charge < -0.3 is 0 Å². The van der Waals surface area contributed by atoms with E-state index in [0.717, 1.165) is 41.7 Å². The Balaban J connectivity index is 2.08. The standard InChI is InChI=1S/C16H18N2O/c1-12-5-4-8-18(10-12)16-14(11-19)9-13-6-2-3-7-15(13)17-16/h2-3,6-7,9,11-12H,4-5,8,10H2,1H3/p+1/t12-/m1/s1. The number of carbonyl (C=O) groups is 1. The maximum absolute atomic E-state index is 11.3. The molecule has 0 bridgehead atoms. The van der Waals surface area contributed by atoms with E-state index in [9.17, 15) is 4.79 Å². The Bertz CT molecular complexity index is 609. The number of H-pyrrole nitrogens is 1. The fourth-order valence-electron chi connectivity index (χ4n) is 2.92. The molecule has 0 unspecified atom stereocenters.